The highest BCUT2D eigenvalue weighted by Gasteiger charge is 2.21. The highest BCUT2D eigenvalue weighted by atomic mass is 28.2. The highest BCUT2D eigenvalue weighted by Crippen LogP contribution is 2.44. The number of hydrogen-bond acceptors (Lipinski definition) is 4. The van der Waals surface area contributed by atoms with Crippen molar-refractivity contribution in [1.82, 2.24) is 0 Å². The minimum absolute atomic E-state index is 0.202. The fraction of sp³-hybridized carbons (Fsp3) is 0.167. The number of ether oxygens (including phenoxy) is 4. The van der Waals surface area contributed by atoms with Crippen LogP contribution >= 0.6 is 0 Å². The molecule has 0 aromatic heterocycles. The molecule has 4 aromatic carbocycles. The van der Waals surface area contributed by atoms with E-state index in [9.17, 15) is 0 Å². The molecule has 0 heterocycles. The van der Waals surface area contributed by atoms with Crippen LogP contribution in [0.4, 0.5) is 0 Å². The van der Waals surface area contributed by atoms with Crippen LogP contribution in [0.25, 0.3) is 32.7 Å². The molecule has 0 unspecified atom stereocenters. The van der Waals surface area contributed by atoms with Gasteiger partial charge in [0, 0.05) is 66.3 Å². The van der Waals surface area contributed by atoms with Gasteiger partial charge in [-0.3, -0.25) is 0 Å². The van der Waals surface area contributed by atoms with Crippen molar-refractivity contribution in [2.45, 2.75) is 0 Å². The molecular weight excluding hydrogens is 465 g/mol. The van der Waals surface area contributed by atoms with E-state index in [0.717, 1.165) is 63.6 Å². The van der Waals surface area contributed by atoms with Gasteiger partial charge in [-0.05, 0) is 33.7 Å². The maximum Gasteiger partial charge on any atom is 0.188 e. The van der Waals surface area contributed by atoms with Gasteiger partial charge in [-0.25, -0.2) is 0 Å². The van der Waals surface area contributed by atoms with Gasteiger partial charge in [0.2, 0.25) is 0 Å². The minimum Gasteiger partial charge on any atom is -0.467 e. The molecule has 0 saturated carbocycles. The molecule has 0 N–H and O–H groups in total. The molecule has 0 radical (unpaired) electrons. The molecule has 4 nitrogen and oxygen atoms in total. The smallest absolute Gasteiger partial charge is 0.188 e. The first kappa shape index (κ1) is 23.0. The van der Waals surface area contributed by atoms with E-state index in [4.69, 9.17) is 18.9 Å². The first-order chi connectivity index (χ1) is 15.4. The quantitative estimate of drug-likeness (QED) is 0.212. The van der Waals surface area contributed by atoms with Crippen LogP contribution in [0.1, 0.15) is 0 Å². The van der Waals surface area contributed by atoms with E-state index in [1.54, 1.807) is 14.2 Å². The van der Waals surface area contributed by atoms with Gasteiger partial charge in [0.05, 0.1) is 0 Å². The van der Waals surface area contributed by atoms with Gasteiger partial charge >= 0.3 is 0 Å². The van der Waals surface area contributed by atoms with Gasteiger partial charge in [0.15, 0.2) is 13.6 Å². The zero-order valence-corrected chi connectivity index (χ0v) is 27.7. The molecule has 8 heteroatoms. The molecule has 4 aromatic rings. The molecule has 166 valence electrons. The maximum absolute atomic E-state index is 6.16. The van der Waals surface area contributed by atoms with Gasteiger partial charge in [-0.2, -0.15) is 0 Å². The first-order valence-corrected chi connectivity index (χ1v) is 14.8. The van der Waals surface area contributed by atoms with Gasteiger partial charge in [0.25, 0.3) is 0 Å². The second-order valence-corrected chi connectivity index (χ2v) is 12.8. The molecule has 32 heavy (non-hydrogen) atoms. The van der Waals surface area contributed by atoms with E-state index >= 15 is 0 Å². The SMILES string of the molecule is COCOc1cc([SiH3])c2cc([SiH3])ccc2c1-c1c(OCOC)cc([SiH3])c2cc([SiH3])ccc12. The average Bonchev–Trinajstić information content (AvgIpc) is 2.77. The summed E-state index contributed by atoms with van der Waals surface area (Å²) >= 11 is 0. The van der Waals surface area contributed by atoms with Crippen molar-refractivity contribution in [3.8, 4) is 22.6 Å². The zero-order chi connectivity index (χ0) is 22.8. The first-order valence-electron chi connectivity index (χ1n) is 10.8. The molecule has 0 bridgehead atoms. The van der Waals surface area contributed by atoms with Crippen LogP contribution in [-0.4, -0.2) is 68.8 Å². The molecule has 0 fully saturated rings. The Balaban J connectivity index is 2.16. The Kier molecular flexibility index (Phi) is 6.98. The average molecular weight is 495 g/mol. The summed E-state index contributed by atoms with van der Waals surface area (Å²) in [6.45, 7) is 0.405. The standard InChI is InChI=1S/C24H30O4Si4/c1-25-11-27-19-9-21(31)17-7-13(29)3-5-15(17)23(19)24-16-6-4-14(30)8-18(16)22(32)10-20(24)28-12-26-2/h3-10H,11-12H2,1-2,29-32H3. The van der Waals surface area contributed by atoms with Crippen molar-refractivity contribution in [1.29, 1.82) is 0 Å². The van der Waals surface area contributed by atoms with Crippen molar-refractivity contribution in [3.05, 3.63) is 48.5 Å². The lowest BCUT2D eigenvalue weighted by Crippen LogP contribution is -2.14. The summed E-state index contributed by atoms with van der Waals surface area (Å²) in [5.41, 5.74) is 2.13. The topological polar surface area (TPSA) is 36.9 Å². The molecule has 0 aliphatic rings. The van der Waals surface area contributed by atoms with Gasteiger partial charge in [-0.15, -0.1) is 0 Å². The van der Waals surface area contributed by atoms with Gasteiger partial charge < -0.3 is 18.9 Å². The van der Waals surface area contributed by atoms with E-state index in [1.807, 2.05) is 0 Å². The number of hydrogen-bond donors (Lipinski definition) is 0. The molecule has 4 rings (SSSR count). The number of benzene rings is 4. The monoisotopic (exact) mass is 494 g/mol. The number of fused-ring (bicyclic) bond motifs is 2. The number of methoxy groups -OCH3 is 2. The van der Waals surface area contributed by atoms with Crippen molar-refractivity contribution in [2.75, 3.05) is 27.8 Å². The lowest BCUT2D eigenvalue weighted by Gasteiger charge is -2.21. The summed E-state index contributed by atoms with van der Waals surface area (Å²) in [6.07, 6.45) is 0. The van der Waals surface area contributed by atoms with Crippen LogP contribution < -0.4 is 30.2 Å². The molecule has 0 atom stereocenters. The molecule has 0 saturated heterocycles. The Hall–Kier alpha value is -2.21. The largest absolute Gasteiger partial charge is 0.467 e. The Morgan fingerprint density at radius 1 is 0.562 bits per heavy atom. The van der Waals surface area contributed by atoms with Gasteiger partial charge in [0.1, 0.15) is 11.5 Å². The van der Waals surface area contributed by atoms with E-state index in [-0.39, 0.29) is 13.6 Å². The molecule has 0 spiro atoms. The fourth-order valence-electron chi connectivity index (χ4n) is 4.35. The molecular formula is C24H30O4Si4. The van der Waals surface area contributed by atoms with Crippen LogP contribution in [0, 0.1) is 0 Å². The second-order valence-electron chi connectivity index (χ2n) is 8.33. The van der Waals surface area contributed by atoms with E-state index in [1.165, 1.54) is 42.3 Å². The summed E-state index contributed by atoms with van der Waals surface area (Å²) in [6, 6.07) is 18.0. The zero-order valence-electron chi connectivity index (χ0n) is 19.7. The van der Waals surface area contributed by atoms with Crippen LogP contribution in [0.3, 0.4) is 0 Å². The summed E-state index contributed by atoms with van der Waals surface area (Å²) in [5, 5.41) is 10.5. The minimum atomic E-state index is 0.202. The van der Waals surface area contributed by atoms with Gasteiger partial charge in [-0.1, -0.05) is 57.1 Å². The Morgan fingerprint density at radius 2 is 0.969 bits per heavy atom. The lowest BCUT2D eigenvalue weighted by atomic mass is 9.92. The summed E-state index contributed by atoms with van der Waals surface area (Å²) < 4.78 is 22.9. The second kappa shape index (κ2) is 9.73. The van der Waals surface area contributed by atoms with Crippen molar-refractivity contribution in [3.63, 3.8) is 0 Å². The summed E-state index contributed by atoms with van der Waals surface area (Å²) in [7, 11) is 7.23. The predicted molar refractivity (Wildman–Crippen MR) is 150 cm³/mol. The Labute approximate surface area is 200 Å². The maximum atomic E-state index is 6.16. The third-order valence-corrected chi connectivity index (χ3v) is 8.74. The number of rotatable bonds is 7. The van der Waals surface area contributed by atoms with Crippen molar-refractivity contribution < 1.29 is 18.9 Å². The van der Waals surface area contributed by atoms with Crippen molar-refractivity contribution >= 4 is 83.3 Å². The predicted octanol–water partition coefficient (Wildman–Crippen LogP) is -2.41. The van der Waals surface area contributed by atoms with Crippen LogP contribution in [-0.2, 0) is 9.47 Å². The molecule has 0 amide bonds. The summed E-state index contributed by atoms with van der Waals surface area (Å²) in [5.74, 6) is 1.68. The van der Waals surface area contributed by atoms with E-state index in [2.05, 4.69) is 48.5 Å². The van der Waals surface area contributed by atoms with Crippen molar-refractivity contribution in [2.24, 2.45) is 0 Å². The summed E-state index contributed by atoms with van der Waals surface area (Å²) in [4.78, 5) is 0. The van der Waals surface area contributed by atoms with E-state index < -0.39 is 0 Å². The van der Waals surface area contributed by atoms with E-state index in [0.29, 0.717) is 0 Å². The Bertz CT molecular complexity index is 1210. The molecule has 0 aliphatic carbocycles. The fourth-order valence-corrected chi connectivity index (χ4v) is 6.61. The highest BCUT2D eigenvalue weighted by molar-refractivity contribution is 6.43. The third-order valence-electron chi connectivity index (χ3n) is 5.84. The van der Waals surface area contributed by atoms with Crippen LogP contribution in [0.15, 0.2) is 48.5 Å². The lowest BCUT2D eigenvalue weighted by molar-refractivity contribution is 0.0502. The Morgan fingerprint density at radius 3 is 1.34 bits per heavy atom. The van der Waals surface area contributed by atoms with Crippen LogP contribution in [0.2, 0.25) is 0 Å². The third kappa shape index (κ3) is 4.34. The molecule has 0 aliphatic heterocycles. The van der Waals surface area contributed by atoms with Crippen LogP contribution in [0.5, 0.6) is 11.5 Å². The normalized spacial score (nSPS) is 11.7.